The minimum absolute atomic E-state index is 0.235. The Bertz CT molecular complexity index is 337. The molecule has 2 rings (SSSR count). The Morgan fingerprint density at radius 3 is 3.00 bits per heavy atom. The number of hydrogen-bond acceptors (Lipinski definition) is 2. The van der Waals surface area contributed by atoms with Gasteiger partial charge in [-0.2, -0.15) is 5.26 Å². The Kier molecular flexibility index (Phi) is 3.46. The van der Waals surface area contributed by atoms with E-state index >= 15 is 0 Å². The summed E-state index contributed by atoms with van der Waals surface area (Å²) in [6.45, 7) is 4.51. The Morgan fingerprint density at radius 2 is 2.38 bits per heavy atom. The van der Waals surface area contributed by atoms with Crippen molar-refractivity contribution in [2.75, 3.05) is 13.1 Å². The third-order valence-corrected chi connectivity index (χ3v) is 4.03. The van der Waals surface area contributed by atoms with Crippen molar-refractivity contribution in [2.45, 2.75) is 38.1 Å². The summed E-state index contributed by atoms with van der Waals surface area (Å²) in [7, 11) is 0. The molecule has 16 heavy (non-hydrogen) atoms. The van der Waals surface area contributed by atoms with Gasteiger partial charge in [0.2, 0.25) is 0 Å². The van der Waals surface area contributed by atoms with E-state index in [9.17, 15) is 0 Å². The molecule has 86 valence electrons. The lowest BCUT2D eigenvalue weighted by Gasteiger charge is -2.39. The van der Waals surface area contributed by atoms with Crippen molar-refractivity contribution in [3.8, 4) is 6.07 Å². The standard InChI is InChI=1S/C14H20N2/c1-2-14(8-4-3-5-9-14)16-11-7-13(12-16)6-10-15/h3-5,8,13H,2,6-7,9,11-12H2,1H3/t13?,14-/m1/s1. The average molecular weight is 216 g/mol. The van der Waals surface area contributed by atoms with Crippen LogP contribution in [-0.2, 0) is 0 Å². The second-order valence-corrected chi connectivity index (χ2v) is 4.91. The number of rotatable bonds is 3. The van der Waals surface area contributed by atoms with Gasteiger partial charge >= 0.3 is 0 Å². The molecule has 1 unspecified atom stereocenters. The first-order valence-corrected chi connectivity index (χ1v) is 6.27. The van der Waals surface area contributed by atoms with Crippen LogP contribution in [0, 0.1) is 17.2 Å². The Labute approximate surface area is 98.2 Å². The van der Waals surface area contributed by atoms with Gasteiger partial charge in [0.15, 0.2) is 0 Å². The highest BCUT2D eigenvalue weighted by atomic mass is 15.2. The lowest BCUT2D eigenvalue weighted by Crippen LogP contribution is -2.45. The van der Waals surface area contributed by atoms with Gasteiger partial charge in [-0.1, -0.05) is 31.2 Å². The van der Waals surface area contributed by atoms with E-state index in [1.54, 1.807) is 0 Å². The van der Waals surface area contributed by atoms with Gasteiger partial charge < -0.3 is 0 Å². The van der Waals surface area contributed by atoms with Gasteiger partial charge in [-0.05, 0) is 31.7 Å². The SMILES string of the molecule is CC[C@@]1(N2CCC(CC#N)C2)C=CC=CC1. The van der Waals surface area contributed by atoms with Gasteiger partial charge in [-0.3, -0.25) is 4.90 Å². The Balaban J connectivity index is 2.04. The summed E-state index contributed by atoms with van der Waals surface area (Å²) in [5.41, 5.74) is 0.235. The maximum Gasteiger partial charge on any atom is 0.0625 e. The fourth-order valence-corrected chi connectivity index (χ4v) is 2.91. The van der Waals surface area contributed by atoms with Crippen LogP contribution in [-0.4, -0.2) is 23.5 Å². The van der Waals surface area contributed by atoms with E-state index in [1.807, 2.05) is 0 Å². The summed E-state index contributed by atoms with van der Waals surface area (Å²) in [6, 6.07) is 2.30. The molecule has 0 spiro atoms. The summed E-state index contributed by atoms with van der Waals surface area (Å²) < 4.78 is 0. The highest BCUT2D eigenvalue weighted by molar-refractivity contribution is 5.21. The number of allylic oxidation sites excluding steroid dienone is 2. The predicted molar refractivity (Wildman–Crippen MR) is 65.8 cm³/mol. The normalized spacial score (nSPS) is 34.1. The molecule has 1 heterocycles. The van der Waals surface area contributed by atoms with Crippen LogP contribution in [0.15, 0.2) is 24.3 Å². The molecule has 0 radical (unpaired) electrons. The van der Waals surface area contributed by atoms with Gasteiger partial charge in [0.05, 0.1) is 6.07 Å². The van der Waals surface area contributed by atoms with Crippen LogP contribution in [0.2, 0.25) is 0 Å². The van der Waals surface area contributed by atoms with E-state index in [2.05, 4.69) is 42.2 Å². The molecular weight excluding hydrogens is 196 g/mol. The van der Waals surface area contributed by atoms with Crippen molar-refractivity contribution in [1.29, 1.82) is 5.26 Å². The van der Waals surface area contributed by atoms with E-state index < -0.39 is 0 Å². The van der Waals surface area contributed by atoms with E-state index in [0.717, 1.165) is 32.4 Å². The smallest absolute Gasteiger partial charge is 0.0625 e. The fraction of sp³-hybridized carbons (Fsp3) is 0.643. The molecule has 1 aliphatic carbocycles. The van der Waals surface area contributed by atoms with Crippen LogP contribution >= 0.6 is 0 Å². The lowest BCUT2D eigenvalue weighted by atomic mass is 9.87. The average Bonchev–Trinajstić information content (AvgIpc) is 2.80. The van der Waals surface area contributed by atoms with Crippen LogP contribution in [0.4, 0.5) is 0 Å². The largest absolute Gasteiger partial charge is 0.294 e. The van der Waals surface area contributed by atoms with Crippen LogP contribution in [0.5, 0.6) is 0 Å². The van der Waals surface area contributed by atoms with Crippen LogP contribution < -0.4 is 0 Å². The quantitative estimate of drug-likeness (QED) is 0.725. The zero-order chi connectivity index (χ0) is 11.4. The van der Waals surface area contributed by atoms with Crippen LogP contribution in [0.3, 0.4) is 0 Å². The van der Waals surface area contributed by atoms with E-state index in [4.69, 9.17) is 5.26 Å². The van der Waals surface area contributed by atoms with Crippen molar-refractivity contribution in [3.05, 3.63) is 24.3 Å². The number of hydrogen-bond donors (Lipinski definition) is 0. The first-order valence-electron chi connectivity index (χ1n) is 6.27. The van der Waals surface area contributed by atoms with E-state index in [0.29, 0.717) is 5.92 Å². The van der Waals surface area contributed by atoms with Gasteiger partial charge in [0, 0.05) is 18.5 Å². The molecule has 0 saturated carbocycles. The van der Waals surface area contributed by atoms with Gasteiger partial charge in [0.1, 0.15) is 0 Å². The predicted octanol–water partition coefficient (Wildman–Crippen LogP) is 2.89. The minimum Gasteiger partial charge on any atom is -0.294 e. The molecule has 2 atom stereocenters. The summed E-state index contributed by atoms with van der Waals surface area (Å²) in [4.78, 5) is 2.58. The zero-order valence-electron chi connectivity index (χ0n) is 10.0. The number of nitriles is 1. The third-order valence-electron chi connectivity index (χ3n) is 4.03. The summed E-state index contributed by atoms with van der Waals surface area (Å²) in [5, 5.41) is 8.75. The summed E-state index contributed by atoms with van der Waals surface area (Å²) >= 11 is 0. The molecule has 0 aromatic rings. The van der Waals surface area contributed by atoms with E-state index in [-0.39, 0.29) is 5.54 Å². The van der Waals surface area contributed by atoms with Crippen LogP contribution in [0.25, 0.3) is 0 Å². The van der Waals surface area contributed by atoms with Gasteiger partial charge in [-0.15, -0.1) is 0 Å². The minimum atomic E-state index is 0.235. The zero-order valence-corrected chi connectivity index (χ0v) is 10.0. The molecule has 0 aromatic carbocycles. The molecule has 0 bridgehead atoms. The van der Waals surface area contributed by atoms with Crippen molar-refractivity contribution in [1.82, 2.24) is 4.90 Å². The molecule has 0 aromatic heterocycles. The maximum atomic E-state index is 8.75. The highest BCUT2D eigenvalue weighted by Gasteiger charge is 2.36. The summed E-state index contributed by atoms with van der Waals surface area (Å²) in [5.74, 6) is 0.590. The number of likely N-dealkylation sites (tertiary alicyclic amines) is 1. The monoisotopic (exact) mass is 216 g/mol. The Morgan fingerprint density at radius 1 is 1.50 bits per heavy atom. The lowest BCUT2D eigenvalue weighted by molar-refractivity contribution is 0.155. The second kappa shape index (κ2) is 4.84. The second-order valence-electron chi connectivity index (χ2n) is 4.91. The number of nitrogens with zero attached hydrogens (tertiary/aromatic N) is 2. The van der Waals surface area contributed by atoms with Crippen molar-refractivity contribution < 1.29 is 0 Å². The molecular formula is C14H20N2. The molecule has 1 aliphatic heterocycles. The topological polar surface area (TPSA) is 27.0 Å². The van der Waals surface area contributed by atoms with E-state index in [1.165, 1.54) is 6.42 Å². The van der Waals surface area contributed by atoms with Crippen molar-refractivity contribution >= 4 is 0 Å². The van der Waals surface area contributed by atoms with Crippen LogP contribution in [0.1, 0.15) is 32.6 Å². The first-order chi connectivity index (χ1) is 7.80. The maximum absolute atomic E-state index is 8.75. The third kappa shape index (κ3) is 2.05. The van der Waals surface area contributed by atoms with Gasteiger partial charge in [0.25, 0.3) is 0 Å². The molecule has 2 aliphatic rings. The molecule has 2 heteroatoms. The highest BCUT2D eigenvalue weighted by Crippen LogP contribution is 2.34. The summed E-state index contributed by atoms with van der Waals surface area (Å²) in [6.07, 6.45) is 13.1. The van der Waals surface area contributed by atoms with Crippen molar-refractivity contribution in [3.63, 3.8) is 0 Å². The molecule has 1 fully saturated rings. The molecule has 1 saturated heterocycles. The molecule has 0 amide bonds. The first kappa shape index (κ1) is 11.4. The van der Waals surface area contributed by atoms with Crippen molar-refractivity contribution in [2.24, 2.45) is 5.92 Å². The van der Waals surface area contributed by atoms with Gasteiger partial charge in [-0.25, -0.2) is 0 Å². The Hall–Kier alpha value is -1.07. The fourth-order valence-electron chi connectivity index (χ4n) is 2.91. The molecule has 0 N–H and O–H groups in total. The molecule has 2 nitrogen and oxygen atoms in total.